The topological polar surface area (TPSA) is 62.2 Å². The van der Waals surface area contributed by atoms with Crippen molar-refractivity contribution in [3.63, 3.8) is 0 Å². The normalized spacial score (nSPS) is 24.6. The van der Waals surface area contributed by atoms with E-state index in [2.05, 4.69) is 10.3 Å². The molecule has 2 N–H and O–H groups in total. The monoisotopic (exact) mass is 240 g/mol. The zero-order chi connectivity index (χ0) is 11.6. The zero-order valence-corrected chi connectivity index (χ0v) is 9.50. The van der Waals surface area contributed by atoms with Gasteiger partial charge in [-0.25, -0.2) is 4.98 Å². The molecule has 5 heteroatoms. The second-order valence-electron chi connectivity index (χ2n) is 4.18. The summed E-state index contributed by atoms with van der Waals surface area (Å²) in [6.07, 6.45) is 2.76. The van der Waals surface area contributed by atoms with Crippen LogP contribution in [-0.2, 0) is 11.2 Å². The maximum atomic E-state index is 11.3. The quantitative estimate of drug-likeness (QED) is 0.783. The fraction of sp³-hybridized carbons (Fsp3) is 0.455. The van der Waals surface area contributed by atoms with Crippen molar-refractivity contribution in [3.05, 3.63) is 29.0 Å². The van der Waals surface area contributed by atoms with Gasteiger partial charge in [-0.2, -0.15) is 0 Å². The Balaban J connectivity index is 2.21. The first-order valence-electron chi connectivity index (χ1n) is 5.17. The van der Waals surface area contributed by atoms with E-state index in [1.165, 1.54) is 0 Å². The predicted octanol–water partition coefficient (Wildman–Crippen LogP) is 1.34. The summed E-state index contributed by atoms with van der Waals surface area (Å²) in [5.74, 6) is -0.745. The number of hydrogen-bond acceptors (Lipinski definition) is 3. The Kier molecular flexibility index (Phi) is 3.12. The lowest BCUT2D eigenvalue weighted by molar-refractivity contribution is -0.147. The van der Waals surface area contributed by atoms with E-state index in [1.54, 1.807) is 12.3 Å². The minimum atomic E-state index is -0.745. The van der Waals surface area contributed by atoms with Gasteiger partial charge in [-0.15, -0.1) is 0 Å². The summed E-state index contributed by atoms with van der Waals surface area (Å²) in [7, 11) is 0. The van der Waals surface area contributed by atoms with Crippen LogP contribution in [0.4, 0.5) is 0 Å². The maximum absolute atomic E-state index is 11.3. The molecule has 0 aromatic carbocycles. The van der Waals surface area contributed by atoms with Crippen LogP contribution in [-0.4, -0.2) is 29.1 Å². The third-order valence-corrected chi connectivity index (χ3v) is 3.24. The smallest absolute Gasteiger partial charge is 0.311 e. The second-order valence-corrected chi connectivity index (χ2v) is 4.56. The van der Waals surface area contributed by atoms with Crippen molar-refractivity contribution in [2.75, 3.05) is 13.1 Å². The summed E-state index contributed by atoms with van der Waals surface area (Å²) in [6.45, 7) is 1.27. The average molecular weight is 241 g/mol. The lowest BCUT2D eigenvalue weighted by Gasteiger charge is -2.22. The SMILES string of the molecule is O=C(O)C1(Cc2ccnc(Cl)c2)CCNC1. The number of pyridine rings is 1. The van der Waals surface area contributed by atoms with E-state index in [-0.39, 0.29) is 0 Å². The Bertz CT molecular complexity index is 403. The van der Waals surface area contributed by atoms with Crippen molar-refractivity contribution in [1.29, 1.82) is 0 Å². The Morgan fingerprint density at radius 3 is 3.06 bits per heavy atom. The largest absolute Gasteiger partial charge is 0.481 e. The van der Waals surface area contributed by atoms with Crippen LogP contribution in [0.2, 0.25) is 5.15 Å². The molecule has 86 valence electrons. The molecule has 1 aliphatic heterocycles. The van der Waals surface area contributed by atoms with Crippen LogP contribution in [0.5, 0.6) is 0 Å². The van der Waals surface area contributed by atoms with Crippen LogP contribution in [0.15, 0.2) is 18.3 Å². The molecule has 1 fully saturated rings. The van der Waals surface area contributed by atoms with E-state index in [4.69, 9.17) is 11.6 Å². The molecule has 0 saturated carbocycles. The number of aromatic nitrogens is 1. The summed E-state index contributed by atoms with van der Waals surface area (Å²) in [6, 6.07) is 3.54. The van der Waals surface area contributed by atoms with E-state index in [9.17, 15) is 9.90 Å². The van der Waals surface area contributed by atoms with Gasteiger partial charge < -0.3 is 10.4 Å². The van der Waals surface area contributed by atoms with Gasteiger partial charge in [-0.05, 0) is 37.1 Å². The Labute approximate surface area is 98.6 Å². The molecule has 1 aromatic heterocycles. The molecule has 1 saturated heterocycles. The van der Waals surface area contributed by atoms with E-state index in [0.717, 1.165) is 12.1 Å². The number of carboxylic acid groups (broad SMARTS) is 1. The fourth-order valence-electron chi connectivity index (χ4n) is 2.10. The molecule has 0 radical (unpaired) electrons. The Morgan fingerprint density at radius 2 is 2.50 bits per heavy atom. The molecular weight excluding hydrogens is 228 g/mol. The first-order chi connectivity index (χ1) is 7.62. The fourth-order valence-corrected chi connectivity index (χ4v) is 2.29. The summed E-state index contributed by atoms with van der Waals surface area (Å²) in [5, 5.41) is 12.8. The van der Waals surface area contributed by atoms with Crippen LogP contribution in [0.3, 0.4) is 0 Å². The summed E-state index contributed by atoms with van der Waals surface area (Å²) >= 11 is 5.78. The molecule has 1 aliphatic rings. The standard InChI is InChI=1S/C11H13ClN2O2/c12-9-5-8(1-3-14-9)6-11(10(15)16)2-4-13-7-11/h1,3,5,13H,2,4,6-7H2,(H,15,16). The number of aliphatic carboxylic acids is 1. The zero-order valence-electron chi connectivity index (χ0n) is 8.74. The third kappa shape index (κ3) is 2.18. The lowest BCUT2D eigenvalue weighted by atomic mass is 9.81. The number of carboxylic acids is 1. The summed E-state index contributed by atoms with van der Waals surface area (Å²) < 4.78 is 0. The second kappa shape index (κ2) is 4.39. The van der Waals surface area contributed by atoms with Crippen LogP contribution in [0, 0.1) is 5.41 Å². The van der Waals surface area contributed by atoms with E-state index < -0.39 is 11.4 Å². The molecule has 16 heavy (non-hydrogen) atoms. The number of nitrogens with one attached hydrogen (secondary N) is 1. The van der Waals surface area contributed by atoms with Gasteiger partial charge in [0.1, 0.15) is 5.15 Å². The molecule has 1 aromatic rings. The first kappa shape index (κ1) is 11.4. The molecule has 1 unspecified atom stereocenters. The number of halogens is 1. The summed E-state index contributed by atoms with van der Waals surface area (Å²) in [5.41, 5.74) is 0.233. The maximum Gasteiger partial charge on any atom is 0.311 e. The minimum absolute atomic E-state index is 0.406. The van der Waals surface area contributed by atoms with Crippen molar-refractivity contribution >= 4 is 17.6 Å². The highest BCUT2D eigenvalue weighted by Gasteiger charge is 2.41. The van der Waals surface area contributed by atoms with Crippen LogP contribution >= 0.6 is 11.6 Å². The van der Waals surface area contributed by atoms with Crippen molar-refractivity contribution in [2.45, 2.75) is 12.8 Å². The van der Waals surface area contributed by atoms with Crippen molar-refractivity contribution < 1.29 is 9.90 Å². The molecule has 2 rings (SSSR count). The number of hydrogen-bond donors (Lipinski definition) is 2. The van der Waals surface area contributed by atoms with Gasteiger partial charge in [0.25, 0.3) is 0 Å². The molecule has 2 heterocycles. The molecule has 4 nitrogen and oxygen atoms in total. The van der Waals surface area contributed by atoms with Crippen LogP contribution < -0.4 is 5.32 Å². The number of carbonyl (C=O) groups is 1. The van der Waals surface area contributed by atoms with Crippen molar-refractivity contribution in [2.24, 2.45) is 5.41 Å². The Hall–Kier alpha value is -1.13. The highest BCUT2D eigenvalue weighted by Crippen LogP contribution is 2.30. The average Bonchev–Trinajstić information content (AvgIpc) is 2.67. The van der Waals surface area contributed by atoms with Gasteiger partial charge in [0, 0.05) is 12.7 Å². The van der Waals surface area contributed by atoms with Gasteiger partial charge in [0.15, 0.2) is 0 Å². The van der Waals surface area contributed by atoms with Gasteiger partial charge in [0.2, 0.25) is 0 Å². The predicted molar refractivity (Wildman–Crippen MR) is 60.5 cm³/mol. The number of rotatable bonds is 3. The van der Waals surface area contributed by atoms with Gasteiger partial charge in [-0.1, -0.05) is 11.6 Å². The van der Waals surface area contributed by atoms with Crippen LogP contribution in [0.1, 0.15) is 12.0 Å². The molecule has 0 aliphatic carbocycles. The van der Waals surface area contributed by atoms with Gasteiger partial charge in [-0.3, -0.25) is 4.79 Å². The van der Waals surface area contributed by atoms with Crippen molar-refractivity contribution in [3.8, 4) is 0 Å². The van der Waals surface area contributed by atoms with Crippen LogP contribution in [0.25, 0.3) is 0 Å². The molecule has 0 amide bonds. The summed E-state index contributed by atoms with van der Waals surface area (Å²) in [4.78, 5) is 15.2. The van der Waals surface area contributed by atoms with Crippen molar-refractivity contribution in [1.82, 2.24) is 10.3 Å². The van der Waals surface area contributed by atoms with Gasteiger partial charge in [0.05, 0.1) is 5.41 Å². The molecular formula is C11H13ClN2O2. The lowest BCUT2D eigenvalue weighted by Crippen LogP contribution is -2.35. The minimum Gasteiger partial charge on any atom is -0.481 e. The highest BCUT2D eigenvalue weighted by atomic mass is 35.5. The molecule has 0 spiro atoms. The highest BCUT2D eigenvalue weighted by molar-refractivity contribution is 6.29. The van der Waals surface area contributed by atoms with E-state index in [1.807, 2.05) is 6.07 Å². The molecule has 0 bridgehead atoms. The number of nitrogens with zero attached hydrogens (tertiary/aromatic N) is 1. The van der Waals surface area contributed by atoms with Gasteiger partial charge >= 0.3 is 5.97 Å². The Morgan fingerprint density at radius 1 is 1.69 bits per heavy atom. The molecule has 1 atom stereocenters. The third-order valence-electron chi connectivity index (χ3n) is 3.03. The van der Waals surface area contributed by atoms with E-state index in [0.29, 0.717) is 24.5 Å². The van der Waals surface area contributed by atoms with E-state index >= 15 is 0 Å². The first-order valence-corrected chi connectivity index (χ1v) is 5.55.